The topological polar surface area (TPSA) is 29.3 Å². The van der Waals surface area contributed by atoms with Gasteiger partial charge < -0.3 is 5.73 Å². The van der Waals surface area contributed by atoms with Crippen molar-refractivity contribution >= 4 is 23.2 Å². The van der Waals surface area contributed by atoms with Crippen LogP contribution in [0, 0.1) is 11.7 Å². The Morgan fingerprint density at radius 1 is 1.37 bits per heavy atom. The van der Waals surface area contributed by atoms with Crippen LogP contribution in [-0.2, 0) is 0 Å². The van der Waals surface area contributed by atoms with E-state index in [9.17, 15) is 4.39 Å². The molecule has 1 fully saturated rings. The van der Waals surface area contributed by atoms with Crippen molar-refractivity contribution in [1.29, 1.82) is 0 Å². The highest BCUT2D eigenvalue weighted by atomic mass is 35.5. The van der Waals surface area contributed by atoms with E-state index >= 15 is 0 Å². The minimum atomic E-state index is -0.433. The van der Waals surface area contributed by atoms with E-state index in [1.807, 2.05) is 14.0 Å². The summed E-state index contributed by atoms with van der Waals surface area (Å²) in [6, 6.07) is 3.22. The van der Waals surface area contributed by atoms with E-state index in [0.29, 0.717) is 23.5 Å². The molecule has 1 aromatic carbocycles. The van der Waals surface area contributed by atoms with Crippen molar-refractivity contribution in [3.63, 3.8) is 0 Å². The molecule has 1 aliphatic carbocycles. The van der Waals surface area contributed by atoms with E-state index in [-0.39, 0.29) is 11.1 Å². The fourth-order valence-electron chi connectivity index (χ4n) is 2.54. The van der Waals surface area contributed by atoms with Gasteiger partial charge in [0.1, 0.15) is 5.82 Å². The van der Waals surface area contributed by atoms with Crippen molar-refractivity contribution in [2.75, 3.05) is 13.6 Å². The lowest BCUT2D eigenvalue weighted by Crippen LogP contribution is -2.41. The summed E-state index contributed by atoms with van der Waals surface area (Å²) in [5.41, 5.74) is 6.61. The number of rotatable bonds is 5. The lowest BCUT2D eigenvalue weighted by atomic mass is 10.0. The summed E-state index contributed by atoms with van der Waals surface area (Å²) < 4.78 is 13.6. The predicted octanol–water partition coefficient (Wildman–Crippen LogP) is 3.86. The van der Waals surface area contributed by atoms with Crippen LogP contribution in [-0.4, -0.2) is 24.5 Å². The maximum absolute atomic E-state index is 13.6. The molecular formula is C14H19Cl2FN2. The molecule has 19 heavy (non-hydrogen) atoms. The van der Waals surface area contributed by atoms with Gasteiger partial charge in [0, 0.05) is 23.7 Å². The van der Waals surface area contributed by atoms with Gasteiger partial charge in [0.2, 0.25) is 0 Å². The molecule has 1 aliphatic rings. The zero-order valence-corrected chi connectivity index (χ0v) is 12.7. The van der Waals surface area contributed by atoms with Crippen LogP contribution >= 0.6 is 23.2 Å². The van der Waals surface area contributed by atoms with Crippen molar-refractivity contribution in [3.05, 3.63) is 33.6 Å². The zero-order chi connectivity index (χ0) is 14.2. The Labute approximate surface area is 123 Å². The summed E-state index contributed by atoms with van der Waals surface area (Å²) >= 11 is 11.9. The Kier molecular flexibility index (Phi) is 4.72. The van der Waals surface area contributed by atoms with E-state index in [2.05, 4.69) is 4.90 Å². The van der Waals surface area contributed by atoms with Gasteiger partial charge in [0.25, 0.3) is 0 Å². The first kappa shape index (κ1) is 15.0. The number of likely N-dealkylation sites (N-methyl/N-ethyl adjacent to an activating group) is 1. The van der Waals surface area contributed by atoms with Gasteiger partial charge in [-0.1, -0.05) is 23.2 Å². The van der Waals surface area contributed by atoms with Crippen molar-refractivity contribution in [2.45, 2.75) is 31.8 Å². The van der Waals surface area contributed by atoms with E-state index in [0.717, 1.165) is 5.56 Å². The number of hydrogen-bond donors (Lipinski definition) is 1. The molecule has 0 saturated heterocycles. The minimum Gasteiger partial charge on any atom is -0.329 e. The van der Waals surface area contributed by atoms with Crippen LogP contribution in [0.5, 0.6) is 0 Å². The van der Waals surface area contributed by atoms with Crippen LogP contribution in [0.25, 0.3) is 0 Å². The molecule has 5 heteroatoms. The van der Waals surface area contributed by atoms with Crippen LogP contribution in [0.4, 0.5) is 4.39 Å². The third-order valence-electron chi connectivity index (χ3n) is 4.03. The van der Waals surface area contributed by atoms with Crippen molar-refractivity contribution in [2.24, 2.45) is 11.7 Å². The standard InChI is InChI=1S/C14H19Cl2FN2/c1-8(19(2)14(7-18)9-3-4-9)10-5-13(17)12(16)6-11(10)15/h5-6,8-9,14H,3-4,7,18H2,1-2H3. The highest BCUT2D eigenvalue weighted by Crippen LogP contribution is 2.38. The average Bonchev–Trinajstić information content (AvgIpc) is 3.18. The van der Waals surface area contributed by atoms with E-state index in [1.165, 1.54) is 25.0 Å². The molecule has 0 bridgehead atoms. The summed E-state index contributed by atoms with van der Waals surface area (Å²) in [5.74, 6) is 0.227. The van der Waals surface area contributed by atoms with E-state index < -0.39 is 5.82 Å². The predicted molar refractivity (Wildman–Crippen MR) is 78.2 cm³/mol. The van der Waals surface area contributed by atoms with E-state index in [1.54, 1.807) is 0 Å². The first-order valence-corrected chi connectivity index (χ1v) is 7.27. The monoisotopic (exact) mass is 304 g/mol. The fourth-order valence-corrected chi connectivity index (χ4v) is 3.08. The quantitative estimate of drug-likeness (QED) is 0.837. The number of halogens is 3. The third-order valence-corrected chi connectivity index (χ3v) is 4.65. The Bertz CT molecular complexity index is 463. The van der Waals surface area contributed by atoms with Crippen LogP contribution in [0.1, 0.15) is 31.4 Å². The molecule has 0 radical (unpaired) electrons. The first-order valence-electron chi connectivity index (χ1n) is 6.52. The second kappa shape index (κ2) is 5.96. The van der Waals surface area contributed by atoms with Gasteiger partial charge in [-0.3, -0.25) is 4.90 Å². The number of benzene rings is 1. The Morgan fingerprint density at radius 3 is 2.53 bits per heavy atom. The smallest absolute Gasteiger partial charge is 0.142 e. The third kappa shape index (κ3) is 3.22. The molecule has 0 aliphatic heterocycles. The molecule has 2 nitrogen and oxygen atoms in total. The molecule has 0 spiro atoms. The highest BCUT2D eigenvalue weighted by molar-refractivity contribution is 6.35. The second-order valence-electron chi connectivity index (χ2n) is 5.27. The van der Waals surface area contributed by atoms with Gasteiger partial charge >= 0.3 is 0 Å². The Hall–Kier alpha value is -0.350. The van der Waals surface area contributed by atoms with Crippen molar-refractivity contribution in [3.8, 4) is 0 Å². The summed E-state index contributed by atoms with van der Waals surface area (Å²) in [6.45, 7) is 2.62. The Balaban J connectivity index is 2.22. The molecule has 2 atom stereocenters. The molecule has 1 saturated carbocycles. The summed E-state index contributed by atoms with van der Waals surface area (Å²) in [5, 5.41) is 0.554. The van der Waals surface area contributed by atoms with Crippen LogP contribution in [0.3, 0.4) is 0 Å². The van der Waals surface area contributed by atoms with Crippen LogP contribution < -0.4 is 5.73 Å². The first-order chi connectivity index (χ1) is 8.95. The molecule has 2 N–H and O–H groups in total. The van der Waals surface area contributed by atoms with Crippen molar-refractivity contribution in [1.82, 2.24) is 4.90 Å². The van der Waals surface area contributed by atoms with Gasteiger partial charge in [-0.05, 0) is 50.4 Å². The lowest BCUT2D eigenvalue weighted by molar-refractivity contribution is 0.170. The molecule has 2 unspecified atom stereocenters. The maximum Gasteiger partial charge on any atom is 0.142 e. The SMILES string of the molecule is CC(c1cc(F)c(Cl)cc1Cl)N(C)C(CN)C1CC1. The zero-order valence-electron chi connectivity index (χ0n) is 11.2. The van der Waals surface area contributed by atoms with Gasteiger partial charge in [-0.15, -0.1) is 0 Å². The van der Waals surface area contributed by atoms with E-state index in [4.69, 9.17) is 28.9 Å². The summed E-state index contributed by atoms with van der Waals surface area (Å²) in [4.78, 5) is 2.19. The molecule has 106 valence electrons. The largest absolute Gasteiger partial charge is 0.329 e. The molecule has 0 amide bonds. The van der Waals surface area contributed by atoms with Crippen LogP contribution in [0.2, 0.25) is 10.0 Å². The fraction of sp³-hybridized carbons (Fsp3) is 0.571. The second-order valence-corrected chi connectivity index (χ2v) is 6.08. The summed E-state index contributed by atoms with van der Waals surface area (Å²) in [7, 11) is 2.02. The molecule has 1 aromatic rings. The van der Waals surface area contributed by atoms with Gasteiger partial charge in [0.15, 0.2) is 0 Å². The van der Waals surface area contributed by atoms with Crippen LogP contribution in [0.15, 0.2) is 12.1 Å². The minimum absolute atomic E-state index is 0.00779. The highest BCUT2D eigenvalue weighted by Gasteiger charge is 2.35. The van der Waals surface area contributed by atoms with Gasteiger partial charge in [0.05, 0.1) is 5.02 Å². The van der Waals surface area contributed by atoms with Crippen molar-refractivity contribution < 1.29 is 4.39 Å². The normalized spacial score (nSPS) is 18.7. The lowest BCUT2D eigenvalue weighted by Gasteiger charge is -2.33. The summed E-state index contributed by atoms with van der Waals surface area (Å²) in [6.07, 6.45) is 2.45. The molecule has 0 heterocycles. The average molecular weight is 305 g/mol. The van der Waals surface area contributed by atoms with Gasteiger partial charge in [-0.2, -0.15) is 0 Å². The maximum atomic E-state index is 13.6. The number of hydrogen-bond acceptors (Lipinski definition) is 2. The van der Waals surface area contributed by atoms with Gasteiger partial charge in [-0.25, -0.2) is 4.39 Å². The molecule has 0 aromatic heterocycles. The molecular weight excluding hydrogens is 286 g/mol. The Morgan fingerprint density at radius 2 is 2.00 bits per heavy atom. The molecule has 2 rings (SSSR count). The number of nitrogens with zero attached hydrogens (tertiary/aromatic N) is 1. The number of nitrogens with two attached hydrogens (primary N) is 1.